The molecule has 0 amide bonds. The molecule has 0 radical (unpaired) electrons. The Bertz CT molecular complexity index is 1390. The normalized spacial score (nSPS) is 15.8. The fourth-order valence-electron chi connectivity index (χ4n) is 4.20. The van der Waals surface area contributed by atoms with E-state index in [0.29, 0.717) is 23.4 Å². The molecule has 1 aromatic heterocycles. The number of ether oxygens (including phenoxy) is 1. The second kappa shape index (κ2) is 9.68. The third kappa shape index (κ3) is 4.52. The molecule has 0 bridgehead atoms. The SMILES string of the molecule is COc1ccccc1CN1C(=S)NC(c2ccc(F)cc2)C(c2nc(-c3ccccc3)no2)=C1C. The predicted octanol–water partition coefficient (Wildman–Crippen LogP) is 5.75. The largest absolute Gasteiger partial charge is 0.496 e. The van der Waals surface area contributed by atoms with Crippen LogP contribution in [0.3, 0.4) is 0 Å². The van der Waals surface area contributed by atoms with Gasteiger partial charge < -0.3 is 19.5 Å². The minimum atomic E-state index is -0.388. The minimum Gasteiger partial charge on any atom is -0.496 e. The number of aromatic nitrogens is 2. The van der Waals surface area contributed by atoms with Gasteiger partial charge in [-0.25, -0.2) is 4.39 Å². The van der Waals surface area contributed by atoms with Crippen LogP contribution in [0.2, 0.25) is 0 Å². The van der Waals surface area contributed by atoms with Crippen LogP contribution >= 0.6 is 12.2 Å². The summed E-state index contributed by atoms with van der Waals surface area (Å²) >= 11 is 5.77. The maximum atomic E-state index is 13.7. The predicted molar refractivity (Wildman–Crippen MR) is 136 cm³/mol. The highest BCUT2D eigenvalue weighted by molar-refractivity contribution is 7.80. The lowest BCUT2D eigenvalue weighted by molar-refractivity contribution is 0.387. The second-order valence-electron chi connectivity index (χ2n) is 8.12. The highest BCUT2D eigenvalue weighted by atomic mass is 32.1. The number of nitrogens with one attached hydrogen (secondary N) is 1. The van der Waals surface area contributed by atoms with Gasteiger partial charge in [0, 0.05) is 16.8 Å². The zero-order chi connectivity index (χ0) is 24.4. The van der Waals surface area contributed by atoms with Crippen LogP contribution in [0.15, 0.2) is 89.1 Å². The Hall–Kier alpha value is -4.04. The van der Waals surface area contributed by atoms with Crippen LogP contribution in [0.4, 0.5) is 4.39 Å². The molecular formula is C27H23FN4O2S. The molecule has 0 saturated carbocycles. The van der Waals surface area contributed by atoms with Gasteiger partial charge in [-0.05, 0) is 42.9 Å². The standard InChI is InChI=1S/C27H23FN4O2S/c1-17-23(26-30-25(31-34-26)19-8-4-3-5-9-19)24(18-12-14-21(28)15-13-18)29-27(35)32(17)16-20-10-6-7-11-22(20)33-2/h3-15,24H,16H2,1-2H3,(H,29,35). The number of halogens is 1. The molecule has 35 heavy (non-hydrogen) atoms. The first-order chi connectivity index (χ1) is 17.0. The van der Waals surface area contributed by atoms with Gasteiger partial charge in [-0.2, -0.15) is 4.98 Å². The Morgan fingerprint density at radius 1 is 1.03 bits per heavy atom. The fraction of sp³-hybridized carbons (Fsp3) is 0.148. The van der Waals surface area contributed by atoms with Crippen LogP contribution in [0.1, 0.15) is 30.0 Å². The molecule has 5 rings (SSSR count). The zero-order valence-electron chi connectivity index (χ0n) is 19.2. The van der Waals surface area contributed by atoms with E-state index in [1.54, 1.807) is 19.2 Å². The average Bonchev–Trinajstić information content (AvgIpc) is 3.37. The first kappa shape index (κ1) is 22.7. The van der Waals surface area contributed by atoms with Crippen LogP contribution in [-0.4, -0.2) is 27.3 Å². The summed E-state index contributed by atoms with van der Waals surface area (Å²) in [5.74, 6) is 1.32. The van der Waals surface area contributed by atoms with Crippen molar-refractivity contribution in [3.8, 4) is 17.1 Å². The van der Waals surface area contributed by atoms with E-state index in [1.165, 1.54) is 12.1 Å². The van der Waals surface area contributed by atoms with E-state index in [-0.39, 0.29) is 11.9 Å². The van der Waals surface area contributed by atoms with E-state index < -0.39 is 0 Å². The van der Waals surface area contributed by atoms with Crippen molar-refractivity contribution in [3.63, 3.8) is 0 Å². The van der Waals surface area contributed by atoms with E-state index in [0.717, 1.165) is 33.7 Å². The Morgan fingerprint density at radius 3 is 2.49 bits per heavy atom. The third-order valence-corrected chi connectivity index (χ3v) is 6.35. The van der Waals surface area contributed by atoms with Crippen molar-refractivity contribution >= 4 is 22.9 Å². The Labute approximate surface area is 208 Å². The zero-order valence-corrected chi connectivity index (χ0v) is 20.1. The summed E-state index contributed by atoms with van der Waals surface area (Å²) in [7, 11) is 1.65. The summed E-state index contributed by atoms with van der Waals surface area (Å²) in [5, 5.41) is 8.15. The van der Waals surface area contributed by atoms with Gasteiger partial charge in [0.1, 0.15) is 11.6 Å². The first-order valence-corrected chi connectivity index (χ1v) is 11.5. The summed E-state index contributed by atoms with van der Waals surface area (Å²) in [4.78, 5) is 6.68. The summed E-state index contributed by atoms with van der Waals surface area (Å²) in [6.45, 7) is 2.46. The summed E-state index contributed by atoms with van der Waals surface area (Å²) in [5.41, 5.74) is 4.30. The molecule has 0 aliphatic carbocycles. The molecule has 0 spiro atoms. The molecule has 176 valence electrons. The van der Waals surface area contributed by atoms with Crippen LogP contribution in [0.25, 0.3) is 17.0 Å². The van der Waals surface area contributed by atoms with E-state index in [4.69, 9.17) is 26.5 Å². The lowest BCUT2D eigenvalue weighted by Crippen LogP contribution is -2.45. The Balaban J connectivity index is 1.60. The van der Waals surface area contributed by atoms with Gasteiger partial charge in [0.15, 0.2) is 5.11 Å². The molecule has 1 aliphatic heterocycles. The molecule has 4 aromatic rings. The minimum absolute atomic E-state index is 0.309. The highest BCUT2D eigenvalue weighted by Crippen LogP contribution is 2.38. The first-order valence-electron chi connectivity index (χ1n) is 11.1. The number of allylic oxidation sites excluding steroid dienone is 1. The van der Waals surface area contributed by atoms with Gasteiger partial charge in [0.2, 0.25) is 5.82 Å². The summed E-state index contributed by atoms with van der Waals surface area (Å²) in [6.07, 6.45) is 0. The highest BCUT2D eigenvalue weighted by Gasteiger charge is 2.34. The van der Waals surface area contributed by atoms with E-state index in [9.17, 15) is 4.39 Å². The number of rotatable bonds is 6. The van der Waals surface area contributed by atoms with Crippen LogP contribution < -0.4 is 10.1 Å². The number of benzene rings is 3. The molecule has 1 atom stereocenters. The number of hydrogen-bond donors (Lipinski definition) is 1. The summed E-state index contributed by atoms with van der Waals surface area (Å²) in [6, 6.07) is 23.4. The van der Waals surface area contributed by atoms with Crippen molar-refractivity contribution in [3.05, 3.63) is 107 Å². The number of hydrogen-bond acceptors (Lipinski definition) is 5. The van der Waals surface area contributed by atoms with E-state index in [1.807, 2.05) is 66.4 Å². The van der Waals surface area contributed by atoms with Gasteiger partial charge in [0.05, 0.1) is 25.3 Å². The molecule has 3 aromatic carbocycles. The molecule has 6 nitrogen and oxygen atoms in total. The average molecular weight is 487 g/mol. The quantitative estimate of drug-likeness (QED) is 0.348. The van der Waals surface area contributed by atoms with Gasteiger partial charge >= 0.3 is 0 Å². The van der Waals surface area contributed by atoms with Crippen molar-refractivity contribution in [2.45, 2.75) is 19.5 Å². The fourth-order valence-corrected chi connectivity index (χ4v) is 4.51. The lowest BCUT2D eigenvalue weighted by Gasteiger charge is -2.37. The van der Waals surface area contributed by atoms with Gasteiger partial charge in [-0.1, -0.05) is 65.8 Å². The van der Waals surface area contributed by atoms with Crippen molar-refractivity contribution in [1.29, 1.82) is 0 Å². The van der Waals surface area contributed by atoms with Crippen LogP contribution in [-0.2, 0) is 6.54 Å². The van der Waals surface area contributed by atoms with Crippen molar-refractivity contribution in [1.82, 2.24) is 20.4 Å². The topological polar surface area (TPSA) is 63.4 Å². The van der Waals surface area contributed by atoms with Crippen molar-refractivity contribution in [2.24, 2.45) is 0 Å². The molecular weight excluding hydrogens is 463 g/mol. The number of methoxy groups -OCH3 is 1. The maximum absolute atomic E-state index is 13.7. The maximum Gasteiger partial charge on any atom is 0.258 e. The summed E-state index contributed by atoms with van der Waals surface area (Å²) < 4.78 is 25.0. The van der Waals surface area contributed by atoms with Crippen LogP contribution in [0, 0.1) is 5.82 Å². The number of para-hydroxylation sites is 1. The molecule has 1 N–H and O–H groups in total. The second-order valence-corrected chi connectivity index (χ2v) is 8.51. The lowest BCUT2D eigenvalue weighted by atomic mass is 9.94. The molecule has 8 heteroatoms. The molecule has 2 heterocycles. The number of thiocarbonyl (C=S) groups is 1. The Kier molecular flexibility index (Phi) is 6.29. The van der Waals surface area contributed by atoms with Gasteiger partial charge in [-0.3, -0.25) is 0 Å². The van der Waals surface area contributed by atoms with Crippen molar-refractivity contribution in [2.75, 3.05) is 7.11 Å². The molecule has 1 unspecified atom stereocenters. The van der Waals surface area contributed by atoms with Crippen molar-refractivity contribution < 1.29 is 13.7 Å². The van der Waals surface area contributed by atoms with Crippen LogP contribution in [0.5, 0.6) is 5.75 Å². The molecule has 1 aliphatic rings. The smallest absolute Gasteiger partial charge is 0.258 e. The van der Waals surface area contributed by atoms with E-state index in [2.05, 4.69) is 10.5 Å². The molecule has 0 saturated heterocycles. The van der Waals surface area contributed by atoms with Gasteiger partial charge in [-0.15, -0.1) is 0 Å². The monoisotopic (exact) mass is 486 g/mol. The van der Waals surface area contributed by atoms with Gasteiger partial charge in [0.25, 0.3) is 5.89 Å². The Morgan fingerprint density at radius 2 is 1.74 bits per heavy atom. The third-order valence-electron chi connectivity index (χ3n) is 6.01. The van der Waals surface area contributed by atoms with E-state index >= 15 is 0 Å². The number of nitrogens with zero attached hydrogens (tertiary/aromatic N) is 3. The molecule has 0 fully saturated rings.